The molecular weight excluding hydrogens is 86.1 g/mol. The first-order valence-electron chi connectivity index (χ1n) is 2.57. The molecule has 0 unspecified atom stereocenters. The standard InChI is InChI=1S/C6H13N/c1-4-5(2)6(3)7/h4,6H,7H2,1-3H3/b5-4-/t6-/m1/s1. The Balaban J connectivity index is 3.56. The molecule has 0 aliphatic heterocycles. The fourth-order valence-electron chi connectivity index (χ4n) is 0.263. The predicted molar refractivity (Wildman–Crippen MR) is 33.1 cm³/mol. The minimum Gasteiger partial charge on any atom is -0.324 e. The molecule has 42 valence electrons. The largest absolute Gasteiger partial charge is 0.324 e. The quantitative estimate of drug-likeness (QED) is 0.493. The monoisotopic (exact) mass is 99.1 g/mol. The van der Waals surface area contributed by atoms with Crippen LogP contribution in [0.15, 0.2) is 11.6 Å². The van der Waals surface area contributed by atoms with Crippen LogP contribution in [0.3, 0.4) is 0 Å². The van der Waals surface area contributed by atoms with Crippen molar-refractivity contribution < 1.29 is 0 Å². The second kappa shape index (κ2) is 2.80. The normalized spacial score (nSPS) is 16.9. The Morgan fingerprint density at radius 1 is 1.71 bits per heavy atom. The molecule has 0 aliphatic carbocycles. The number of nitrogens with two attached hydrogens (primary N) is 1. The van der Waals surface area contributed by atoms with Crippen LogP contribution in [0.4, 0.5) is 0 Å². The number of hydrogen-bond acceptors (Lipinski definition) is 1. The van der Waals surface area contributed by atoms with Crippen molar-refractivity contribution in [3.8, 4) is 0 Å². The van der Waals surface area contributed by atoms with Gasteiger partial charge in [0.05, 0.1) is 0 Å². The summed E-state index contributed by atoms with van der Waals surface area (Å²) in [6.07, 6.45) is 2.03. The van der Waals surface area contributed by atoms with Gasteiger partial charge in [0, 0.05) is 6.04 Å². The van der Waals surface area contributed by atoms with Gasteiger partial charge in [-0.2, -0.15) is 0 Å². The Morgan fingerprint density at radius 3 is 2.14 bits per heavy atom. The van der Waals surface area contributed by atoms with Gasteiger partial charge >= 0.3 is 0 Å². The van der Waals surface area contributed by atoms with Gasteiger partial charge in [0.2, 0.25) is 0 Å². The zero-order valence-electron chi connectivity index (χ0n) is 5.23. The average Bonchev–Trinajstić information content (AvgIpc) is 1.65. The van der Waals surface area contributed by atoms with Gasteiger partial charge in [-0.05, 0) is 20.8 Å². The molecule has 0 saturated carbocycles. The summed E-state index contributed by atoms with van der Waals surface area (Å²) >= 11 is 0. The molecule has 0 bridgehead atoms. The summed E-state index contributed by atoms with van der Waals surface area (Å²) in [5.41, 5.74) is 6.73. The van der Waals surface area contributed by atoms with Crippen LogP contribution in [-0.2, 0) is 0 Å². The van der Waals surface area contributed by atoms with Crippen LogP contribution in [0.25, 0.3) is 0 Å². The van der Waals surface area contributed by atoms with E-state index in [1.165, 1.54) is 5.57 Å². The highest BCUT2D eigenvalue weighted by Gasteiger charge is 1.90. The van der Waals surface area contributed by atoms with E-state index in [1.54, 1.807) is 0 Å². The third-order valence-electron chi connectivity index (χ3n) is 1.17. The summed E-state index contributed by atoms with van der Waals surface area (Å²) in [6.45, 7) is 6.01. The zero-order valence-corrected chi connectivity index (χ0v) is 5.23. The lowest BCUT2D eigenvalue weighted by Crippen LogP contribution is -2.15. The van der Waals surface area contributed by atoms with E-state index in [4.69, 9.17) is 5.73 Å². The molecule has 0 saturated heterocycles. The van der Waals surface area contributed by atoms with Crippen molar-refractivity contribution in [1.29, 1.82) is 0 Å². The van der Waals surface area contributed by atoms with Gasteiger partial charge in [-0.3, -0.25) is 0 Å². The average molecular weight is 99.2 g/mol. The predicted octanol–water partition coefficient (Wildman–Crippen LogP) is 1.30. The van der Waals surface area contributed by atoms with E-state index in [9.17, 15) is 0 Å². The van der Waals surface area contributed by atoms with Crippen molar-refractivity contribution in [2.45, 2.75) is 26.8 Å². The summed E-state index contributed by atoms with van der Waals surface area (Å²) in [5, 5.41) is 0. The Bertz CT molecular complexity index is 72.2. The molecule has 1 nitrogen and oxygen atoms in total. The molecule has 0 aliphatic rings. The van der Waals surface area contributed by atoms with Gasteiger partial charge in [0.1, 0.15) is 0 Å². The maximum Gasteiger partial charge on any atom is 0.0221 e. The van der Waals surface area contributed by atoms with Crippen LogP contribution in [0.1, 0.15) is 20.8 Å². The fraction of sp³-hybridized carbons (Fsp3) is 0.667. The lowest BCUT2D eigenvalue weighted by atomic mass is 10.2. The third-order valence-corrected chi connectivity index (χ3v) is 1.17. The number of allylic oxidation sites excluding steroid dienone is 1. The molecular formula is C6H13N. The molecule has 0 aromatic carbocycles. The van der Waals surface area contributed by atoms with Gasteiger partial charge in [-0.25, -0.2) is 0 Å². The van der Waals surface area contributed by atoms with Crippen molar-refractivity contribution in [2.75, 3.05) is 0 Å². The molecule has 0 heterocycles. The summed E-state index contributed by atoms with van der Waals surface area (Å²) in [5.74, 6) is 0. The summed E-state index contributed by atoms with van der Waals surface area (Å²) in [4.78, 5) is 0. The van der Waals surface area contributed by atoms with Gasteiger partial charge in [-0.15, -0.1) is 0 Å². The molecule has 0 aromatic heterocycles. The molecule has 1 heteroatoms. The van der Waals surface area contributed by atoms with Crippen LogP contribution < -0.4 is 5.73 Å². The SMILES string of the molecule is C/C=C(/C)[C@@H](C)N. The first kappa shape index (κ1) is 6.70. The molecule has 0 spiro atoms. The Labute approximate surface area is 45.2 Å². The van der Waals surface area contributed by atoms with Crippen molar-refractivity contribution in [1.82, 2.24) is 0 Å². The first-order valence-corrected chi connectivity index (χ1v) is 2.57. The number of hydrogen-bond donors (Lipinski definition) is 1. The van der Waals surface area contributed by atoms with E-state index >= 15 is 0 Å². The minimum absolute atomic E-state index is 0.227. The third kappa shape index (κ3) is 2.40. The molecule has 0 fully saturated rings. The Hall–Kier alpha value is -0.300. The first-order chi connectivity index (χ1) is 3.18. The highest BCUT2D eigenvalue weighted by atomic mass is 14.6. The van der Waals surface area contributed by atoms with E-state index in [0.29, 0.717) is 0 Å². The van der Waals surface area contributed by atoms with Crippen molar-refractivity contribution in [3.05, 3.63) is 11.6 Å². The van der Waals surface area contributed by atoms with Crippen LogP contribution in [0.5, 0.6) is 0 Å². The summed E-state index contributed by atoms with van der Waals surface area (Å²) < 4.78 is 0. The molecule has 0 rings (SSSR count). The van der Waals surface area contributed by atoms with Crippen LogP contribution in [0, 0.1) is 0 Å². The van der Waals surface area contributed by atoms with Gasteiger partial charge in [0.25, 0.3) is 0 Å². The molecule has 2 N–H and O–H groups in total. The second-order valence-corrected chi connectivity index (χ2v) is 1.82. The molecule has 0 radical (unpaired) electrons. The fourth-order valence-corrected chi connectivity index (χ4v) is 0.263. The van der Waals surface area contributed by atoms with Crippen molar-refractivity contribution in [3.63, 3.8) is 0 Å². The molecule has 0 amide bonds. The van der Waals surface area contributed by atoms with E-state index in [1.807, 2.05) is 26.8 Å². The minimum atomic E-state index is 0.227. The van der Waals surface area contributed by atoms with Crippen molar-refractivity contribution in [2.24, 2.45) is 5.73 Å². The summed E-state index contributed by atoms with van der Waals surface area (Å²) in [6, 6.07) is 0.227. The lowest BCUT2D eigenvalue weighted by molar-refractivity contribution is 0.858. The maximum atomic E-state index is 5.48. The van der Waals surface area contributed by atoms with Gasteiger partial charge in [0.15, 0.2) is 0 Å². The smallest absolute Gasteiger partial charge is 0.0221 e. The molecule has 7 heavy (non-hydrogen) atoms. The Kier molecular flexibility index (Phi) is 2.68. The van der Waals surface area contributed by atoms with E-state index < -0.39 is 0 Å². The van der Waals surface area contributed by atoms with E-state index in [0.717, 1.165) is 0 Å². The van der Waals surface area contributed by atoms with Crippen LogP contribution in [0.2, 0.25) is 0 Å². The zero-order chi connectivity index (χ0) is 5.86. The highest BCUT2D eigenvalue weighted by Crippen LogP contribution is 1.94. The maximum absolute atomic E-state index is 5.48. The van der Waals surface area contributed by atoms with E-state index in [2.05, 4.69) is 0 Å². The van der Waals surface area contributed by atoms with E-state index in [-0.39, 0.29) is 6.04 Å². The molecule has 1 atom stereocenters. The van der Waals surface area contributed by atoms with Crippen LogP contribution in [-0.4, -0.2) is 6.04 Å². The van der Waals surface area contributed by atoms with Gasteiger partial charge < -0.3 is 5.73 Å². The summed E-state index contributed by atoms with van der Waals surface area (Å²) in [7, 11) is 0. The Morgan fingerprint density at radius 2 is 2.14 bits per heavy atom. The van der Waals surface area contributed by atoms with Crippen LogP contribution >= 0.6 is 0 Å². The molecule has 0 aromatic rings. The topological polar surface area (TPSA) is 26.0 Å². The van der Waals surface area contributed by atoms with Crippen molar-refractivity contribution >= 4 is 0 Å². The lowest BCUT2D eigenvalue weighted by Gasteiger charge is -2.01. The highest BCUT2D eigenvalue weighted by molar-refractivity contribution is 5.02. The van der Waals surface area contributed by atoms with Gasteiger partial charge in [-0.1, -0.05) is 11.6 Å². The second-order valence-electron chi connectivity index (χ2n) is 1.82. The number of rotatable bonds is 1.